The fourth-order valence-corrected chi connectivity index (χ4v) is 7.03. The summed E-state index contributed by atoms with van der Waals surface area (Å²) < 4.78 is 66.4. The molecule has 0 saturated carbocycles. The van der Waals surface area contributed by atoms with Crippen LogP contribution in [0.25, 0.3) is 10.8 Å². The van der Waals surface area contributed by atoms with Gasteiger partial charge in [0.1, 0.15) is 0 Å². The van der Waals surface area contributed by atoms with E-state index in [1.807, 2.05) is 4.90 Å². The van der Waals surface area contributed by atoms with Crippen molar-refractivity contribution in [3.8, 4) is 6.07 Å². The average Bonchev–Trinajstić information content (AvgIpc) is 3.37. The number of piperazine rings is 1. The SMILES string of the molecule is N#Cc1ccc(C2C3CC(C4CN=CN43)N2S(=O)(=O)CC(F)(F)F)c2ccccc12. The Kier molecular flexibility index (Phi) is 4.14. The fraction of sp³-hybridized carbons (Fsp3) is 0.400. The van der Waals surface area contributed by atoms with Crippen LogP contribution in [0.5, 0.6) is 0 Å². The van der Waals surface area contributed by atoms with Crippen molar-refractivity contribution in [1.82, 2.24) is 9.21 Å². The van der Waals surface area contributed by atoms with Crippen molar-refractivity contribution < 1.29 is 21.6 Å². The molecule has 2 fully saturated rings. The van der Waals surface area contributed by atoms with Gasteiger partial charge in [-0.1, -0.05) is 30.3 Å². The number of hydrogen-bond acceptors (Lipinski definition) is 5. The summed E-state index contributed by atoms with van der Waals surface area (Å²) in [6, 6.07) is 10.6. The number of fused-ring (bicyclic) bond motifs is 6. The van der Waals surface area contributed by atoms with E-state index in [2.05, 4.69) is 11.1 Å². The number of aliphatic imine (C=N–C) groups is 1. The molecule has 0 aliphatic carbocycles. The number of alkyl halides is 3. The highest BCUT2D eigenvalue weighted by Gasteiger charge is 2.61. The molecule has 0 amide bonds. The highest BCUT2D eigenvalue weighted by molar-refractivity contribution is 7.89. The number of halogens is 3. The molecule has 2 aromatic carbocycles. The third-order valence-electron chi connectivity index (χ3n) is 6.23. The van der Waals surface area contributed by atoms with Crippen LogP contribution in [0, 0.1) is 11.3 Å². The van der Waals surface area contributed by atoms with Crippen molar-refractivity contribution in [2.45, 2.75) is 36.8 Å². The van der Waals surface area contributed by atoms with Crippen LogP contribution in [0.1, 0.15) is 23.6 Å². The van der Waals surface area contributed by atoms with Crippen molar-refractivity contribution in [3.05, 3.63) is 47.5 Å². The Balaban J connectivity index is 1.69. The van der Waals surface area contributed by atoms with Crippen molar-refractivity contribution >= 4 is 27.1 Å². The van der Waals surface area contributed by atoms with Crippen LogP contribution in [-0.2, 0) is 10.0 Å². The second kappa shape index (κ2) is 6.43. The predicted molar refractivity (Wildman–Crippen MR) is 104 cm³/mol. The maximum atomic E-state index is 13.1. The Morgan fingerprint density at radius 1 is 1.10 bits per heavy atom. The molecule has 4 unspecified atom stereocenters. The second-order valence-corrected chi connectivity index (χ2v) is 9.75. The molecule has 0 aromatic heterocycles. The third-order valence-corrected chi connectivity index (χ3v) is 8.06. The first-order valence-corrected chi connectivity index (χ1v) is 11.1. The van der Waals surface area contributed by atoms with Crippen LogP contribution in [0.2, 0.25) is 0 Å². The molecule has 0 N–H and O–H groups in total. The molecular weight excluding hydrogens is 417 g/mol. The fourth-order valence-electron chi connectivity index (χ4n) is 5.23. The molecule has 6 nitrogen and oxygen atoms in total. The number of benzene rings is 2. The lowest BCUT2D eigenvalue weighted by molar-refractivity contribution is -0.107. The zero-order valence-electron chi connectivity index (χ0n) is 15.6. The van der Waals surface area contributed by atoms with Crippen molar-refractivity contribution in [2.24, 2.45) is 4.99 Å². The maximum Gasteiger partial charge on any atom is 0.404 e. The van der Waals surface area contributed by atoms with E-state index in [0.717, 1.165) is 4.31 Å². The Morgan fingerprint density at radius 3 is 2.53 bits per heavy atom. The Labute approximate surface area is 171 Å². The van der Waals surface area contributed by atoms with E-state index in [1.54, 1.807) is 42.7 Å². The van der Waals surface area contributed by atoms with Crippen molar-refractivity contribution in [2.75, 3.05) is 12.3 Å². The second-order valence-electron chi connectivity index (χ2n) is 7.87. The lowest BCUT2D eigenvalue weighted by atomic mass is 9.92. The molecule has 2 saturated heterocycles. The van der Waals surface area contributed by atoms with Crippen LogP contribution < -0.4 is 0 Å². The van der Waals surface area contributed by atoms with Gasteiger partial charge in [-0.3, -0.25) is 4.99 Å². The summed E-state index contributed by atoms with van der Waals surface area (Å²) in [5, 5.41) is 10.7. The first kappa shape index (κ1) is 19.3. The minimum Gasteiger partial charge on any atom is -0.351 e. The number of rotatable bonds is 3. The largest absolute Gasteiger partial charge is 0.404 e. The molecule has 0 radical (unpaired) electrons. The van der Waals surface area contributed by atoms with E-state index in [1.165, 1.54) is 0 Å². The Morgan fingerprint density at radius 2 is 1.83 bits per heavy atom. The van der Waals surface area contributed by atoms with E-state index in [9.17, 15) is 26.9 Å². The molecule has 156 valence electrons. The van der Waals surface area contributed by atoms with Gasteiger partial charge in [-0.2, -0.15) is 22.7 Å². The number of hydrogen-bond donors (Lipinski definition) is 0. The standard InChI is InChI=1S/C20H17F3N4O2S/c21-20(22,23)10-30(28,29)27-16-7-17(26-11-25-9-18(16)26)19(27)15-6-5-12(8-24)13-3-1-2-4-14(13)15/h1-6,11,16-19H,7,9-10H2. The van der Waals surface area contributed by atoms with E-state index >= 15 is 0 Å². The van der Waals surface area contributed by atoms with Crippen LogP contribution in [0.15, 0.2) is 41.4 Å². The first-order chi connectivity index (χ1) is 14.2. The minimum atomic E-state index is -4.83. The summed E-state index contributed by atoms with van der Waals surface area (Å²) in [5.74, 6) is -1.89. The number of sulfonamides is 1. The molecular formula is C20H17F3N4O2S. The minimum absolute atomic E-state index is 0.237. The number of nitrogens with zero attached hydrogens (tertiary/aromatic N) is 4. The molecule has 5 rings (SSSR count). The monoisotopic (exact) mass is 434 g/mol. The molecule has 3 heterocycles. The summed E-state index contributed by atoms with van der Waals surface area (Å²) in [5.41, 5.74) is 1.05. The van der Waals surface area contributed by atoms with E-state index < -0.39 is 34.0 Å². The highest BCUT2D eigenvalue weighted by atomic mass is 32.2. The van der Waals surface area contributed by atoms with Crippen LogP contribution in [0.3, 0.4) is 0 Å². The molecule has 3 aliphatic rings. The van der Waals surface area contributed by atoms with Gasteiger partial charge in [0.2, 0.25) is 10.0 Å². The third kappa shape index (κ3) is 2.80. The maximum absolute atomic E-state index is 13.1. The van der Waals surface area contributed by atoms with Gasteiger partial charge in [-0.05, 0) is 28.8 Å². The Bertz CT molecular complexity index is 1200. The summed E-state index contributed by atoms with van der Waals surface area (Å²) >= 11 is 0. The van der Waals surface area contributed by atoms with E-state index in [0.29, 0.717) is 34.9 Å². The van der Waals surface area contributed by atoms with Gasteiger partial charge in [-0.25, -0.2) is 8.42 Å². The summed E-state index contributed by atoms with van der Waals surface area (Å²) in [4.78, 5) is 6.22. The topological polar surface area (TPSA) is 76.8 Å². The van der Waals surface area contributed by atoms with Crippen molar-refractivity contribution in [1.29, 1.82) is 5.26 Å². The van der Waals surface area contributed by atoms with Gasteiger partial charge in [0.05, 0.1) is 42.6 Å². The van der Waals surface area contributed by atoms with Crippen LogP contribution in [-0.4, -0.2) is 60.6 Å². The van der Waals surface area contributed by atoms with Gasteiger partial charge in [0.25, 0.3) is 0 Å². The van der Waals surface area contributed by atoms with Crippen molar-refractivity contribution in [3.63, 3.8) is 0 Å². The van der Waals surface area contributed by atoms with Crippen LogP contribution in [0.4, 0.5) is 13.2 Å². The van der Waals surface area contributed by atoms with Gasteiger partial charge >= 0.3 is 6.18 Å². The summed E-state index contributed by atoms with van der Waals surface area (Å²) in [7, 11) is -4.61. The quantitative estimate of drug-likeness (QED) is 0.745. The molecule has 10 heteroatoms. The molecule has 0 spiro atoms. The predicted octanol–water partition coefficient (Wildman–Crippen LogP) is 2.81. The Hall–Kier alpha value is -2.64. The normalized spacial score (nSPS) is 28.3. The lowest BCUT2D eigenvalue weighted by Gasteiger charge is -2.42. The summed E-state index contributed by atoms with van der Waals surface area (Å²) in [6.07, 6.45) is -2.70. The van der Waals surface area contributed by atoms with Gasteiger partial charge in [-0.15, -0.1) is 0 Å². The first-order valence-electron chi connectivity index (χ1n) is 9.48. The van der Waals surface area contributed by atoms with Gasteiger partial charge < -0.3 is 4.90 Å². The highest BCUT2D eigenvalue weighted by Crippen LogP contribution is 2.51. The summed E-state index contributed by atoms with van der Waals surface area (Å²) in [6.45, 7) is 0.375. The zero-order valence-corrected chi connectivity index (χ0v) is 16.4. The average molecular weight is 434 g/mol. The molecule has 2 aromatic rings. The molecule has 3 aliphatic heterocycles. The zero-order chi connectivity index (χ0) is 21.3. The molecule has 4 atom stereocenters. The van der Waals surface area contributed by atoms with Gasteiger partial charge in [0.15, 0.2) is 5.75 Å². The lowest BCUT2D eigenvalue weighted by Crippen LogP contribution is -2.56. The molecule has 30 heavy (non-hydrogen) atoms. The smallest absolute Gasteiger partial charge is 0.351 e. The van der Waals surface area contributed by atoms with Crippen LogP contribution >= 0.6 is 0 Å². The van der Waals surface area contributed by atoms with E-state index in [4.69, 9.17) is 0 Å². The number of nitriles is 1. The van der Waals surface area contributed by atoms with E-state index in [-0.39, 0.29) is 12.1 Å². The van der Waals surface area contributed by atoms with Gasteiger partial charge in [0, 0.05) is 6.04 Å². The molecule has 2 bridgehead atoms.